The number of piperazine rings is 1. The fraction of sp³-hybridized carbons (Fsp3) is 0.688. The molecule has 3 heterocycles. The lowest BCUT2D eigenvalue weighted by Crippen LogP contribution is -2.63. The lowest BCUT2D eigenvalue weighted by atomic mass is 9.83. The van der Waals surface area contributed by atoms with Crippen molar-refractivity contribution in [3.8, 4) is 0 Å². The second kappa shape index (κ2) is 5.82. The molecule has 136 valence electrons. The minimum Gasteiger partial charge on any atom is -0.335 e. The molecule has 0 bridgehead atoms. The Balaban J connectivity index is 1.60. The number of hydrogen-bond donors (Lipinski definition) is 0. The van der Waals surface area contributed by atoms with Gasteiger partial charge < -0.3 is 9.80 Å². The highest BCUT2D eigenvalue weighted by atomic mass is 32.2. The third-order valence-corrected chi connectivity index (χ3v) is 7.32. The number of aromatic nitrogens is 2. The molecule has 2 saturated heterocycles. The van der Waals surface area contributed by atoms with Gasteiger partial charge >= 0.3 is 0 Å². The Kier molecular flexibility index (Phi) is 3.86. The fourth-order valence-corrected chi connectivity index (χ4v) is 6.05. The van der Waals surface area contributed by atoms with E-state index in [1.165, 1.54) is 6.20 Å². The smallest absolute Gasteiger partial charge is 0.257 e. The Morgan fingerprint density at radius 1 is 1.12 bits per heavy atom. The maximum absolute atomic E-state index is 12.8. The van der Waals surface area contributed by atoms with Crippen LogP contribution in [-0.2, 0) is 21.7 Å². The summed E-state index contributed by atoms with van der Waals surface area (Å²) in [6.07, 6.45) is 5.96. The van der Waals surface area contributed by atoms with Crippen LogP contribution < -0.4 is 0 Å². The average molecular weight is 366 g/mol. The summed E-state index contributed by atoms with van der Waals surface area (Å²) in [6.45, 7) is 0.765. The first-order valence-corrected chi connectivity index (χ1v) is 10.5. The van der Waals surface area contributed by atoms with Crippen molar-refractivity contribution in [2.45, 2.75) is 31.3 Å². The van der Waals surface area contributed by atoms with E-state index in [1.54, 1.807) is 27.7 Å². The van der Waals surface area contributed by atoms with E-state index in [0.717, 1.165) is 19.3 Å². The number of carbonyl (C=O) groups excluding carboxylic acids is 2. The van der Waals surface area contributed by atoms with E-state index in [1.807, 2.05) is 0 Å². The second-order valence-corrected chi connectivity index (χ2v) is 9.43. The molecular weight excluding hydrogens is 344 g/mol. The number of amides is 2. The Morgan fingerprint density at radius 3 is 2.32 bits per heavy atom. The van der Waals surface area contributed by atoms with Crippen molar-refractivity contribution in [2.24, 2.45) is 13.0 Å². The molecule has 0 radical (unpaired) electrons. The van der Waals surface area contributed by atoms with Gasteiger partial charge in [0.25, 0.3) is 5.91 Å². The third-order valence-electron chi connectivity index (χ3n) is 5.63. The molecule has 1 aromatic rings. The van der Waals surface area contributed by atoms with Gasteiger partial charge in [-0.2, -0.15) is 5.10 Å². The summed E-state index contributed by atoms with van der Waals surface area (Å²) in [4.78, 5) is 28.9. The molecule has 1 aliphatic carbocycles. The van der Waals surface area contributed by atoms with E-state index >= 15 is 0 Å². The fourth-order valence-electron chi connectivity index (χ4n) is 4.07. The number of nitrogens with zero attached hydrogens (tertiary/aromatic N) is 4. The first-order chi connectivity index (χ1) is 11.9. The molecule has 9 heteroatoms. The summed E-state index contributed by atoms with van der Waals surface area (Å²) < 4.78 is 26.0. The molecule has 8 nitrogen and oxygen atoms in total. The number of aryl methyl sites for hydroxylation is 1. The van der Waals surface area contributed by atoms with Crippen molar-refractivity contribution >= 4 is 21.7 Å². The summed E-state index contributed by atoms with van der Waals surface area (Å²) in [5.41, 5.74) is 0.448. The van der Waals surface area contributed by atoms with Gasteiger partial charge in [0.1, 0.15) is 0 Å². The minimum atomic E-state index is -3.26. The molecule has 2 unspecified atom stereocenters. The van der Waals surface area contributed by atoms with Crippen molar-refractivity contribution in [3.05, 3.63) is 18.0 Å². The van der Waals surface area contributed by atoms with Crippen molar-refractivity contribution in [2.75, 3.05) is 24.6 Å². The molecule has 2 atom stereocenters. The van der Waals surface area contributed by atoms with Crippen LogP contribution in [0.15, 0.2) is 12.4 Å². The van der Waals surface area contributed by atoms with Gasteiger partial charge in [-0.3, -0.25) is 14.3 Å². The molecule has 25 heavy (non-hydrogen) atoms. The minimum absolute atomic E-state index is 0.0320. The highest BCUT2D eigenvalue weighted by Crippen LogP contribution is 2.33. The lowest BCUT2D eigenvalue weighted by Gasteiger charge is -2.45. The first-order valence-electron chi connectivity index (χ1n) is 8.66. The number of fused-ring (bicyclic) bond motifs is 1. The van der Waals surface area contributed by atoms with Crippen molar-refractivity contribution in [3.63, 3.8) is 0 Å². The van der Waals surface area contributed by atoms with Crippen LogP contribution in [0.2, 0.25) is 0 Å². The standard InChI is InChI=1S/C16H22N4O4S/c1-18-8-12(7-17-18)16(22)20-6-5-19(15(21)11-3-2-4-11)13-9-25(23,24)10-14(13)20/h7-8,11,13-14H,2-6,9-10H2,1H3. The lowest BCUT2D eigenvalue weighted by molar-refractivity contribution is -0.143. The zero-order valence-electron chi connectivity index (χ0n) is 14.2. The number of sulfone groups is 1. The maximum atomic E-state index is 12.8. The summed E-state index contributed by atoms with van der Waals surface area (Å²) in [7, 11) is -1.53. The van der Waals surface area contributed by atoms with E-state index in [-0.39, 0.29) is 29.2 Å². The average Bonchev–Trinajstić information content (AvgIpc) is 3.05. The van der Waals surface area contributed by atoms with Crippen LogP contribution in [0.3, 0.4) is 0 Å². The molecule has 3 aliphatic rings. The largest absolute Gasteiger partial charge is 0.335 e. The predicted molar refractivity (Wildman–Crippen MR) is 89.5 cm³/mol. The highest BCUT2D eigenvalue weighted by molar-refractivity contribution is 7.91. The van der Waals surface area contributed by atoms with Gasteiger partial charge in [-0.05, 0) is 12.8 Å². The molecule has 4 rings (SSSR count). The molecule has 1 saturated carbocycles. The SMILES string of the molecule is Cn1cc(C(=O)N2CCN(C(=O)C3CCC3)C3CS(=O)(=O)CC32)cn1. The second-order valence-electron chi connectivity index (χ2n) is 7.27. The van der Waals surface area contributed by atoms with Crippen LogP contribution >= 0.6 is 0 Å². The quantitative estimate of drug-likeness (QED) is 0.715. The van der Waals surface area contributed by atoms with Gasteiger partial charge in [0.15, 0.2) is 9.84 Å². The Hall–Kier alpha value is -1.90. The topological polar surface area (TPSA) is 92.6 Å². The first kappa shape index (κ1) is 16.6. The molecule has 0 aromatic carbocycles. The van der Waals surface area contributed by atoms with Gasteiger partial charge in [-0.15, -0.1) is 0 Å². The Morgan fingerprint density at radius 2 is 1.76 bits per heavy atom. The summed E-state index contributed by atoms with van der Waals surface area (Å²) in [5, 5.41) is 4.02. The normalized spacial score (nSPS) is 28.5. The van der Waals surface area contributed by atoms with Crippen molar-refractivity contribution in [1.82, 2.24) is 19.6 Å². The maximum Gasteiger partial charge on any atom is 0.257 e. The van der Waals surface area contributed by atoms with Crippen LogP contribution in [0.5, 0.6) is 0 Å². The molecular formula is C16H22N4O4S. The van der Waals surface area contributed by atoms with Crippen LogP contribution in [-0.4, -0.2) is 76.5 Å². The van der Waals surface area contributed by atoms with E-state index < -0.39 is 21.9 Å². The van der Waals surface area contributed by atoms with Crippen LogP contribution in [0.4, 0.5) is 0 Å². The van der Waals surface area contributed by atoms with Gasteiger partial charge in [0.2, 0.25) is 5.91 Å². The zero-order chi connectivity index (χ0) is 17.8. The van der Waals surface area contributed by atoms with Gasteiger partial charge in [-0.25, -0.2) is 8.42 Å². The number of rotatable bonds is 2. The summed E-state index contributed by atoms with van der Waals surface area (Å²) in [6, 6.07) is -0.886. The Bertz CT molecular complexity index is 814. The van der Waals surface area contributed by atoms with E-state index in [0.29, 0.717) is 18.7 Å². The molecule has 0 N–H and O–H groups in total. The molecule has 0 spiro atoms. The monoisotopic (exact) mass is 366 g/mol. The van der Waals surface area contributed by atoms with Crippen molar-refractivity contribution < 1.29 is 18.0 Å². The summed E-state index contributed by atoms with van der Waals surface area (Å²) >= 11 is 0. The third kappa shape index (κ3) is 2.84. The van der Waals surface area contributed by atoms with Crippen molar-refractivity contribution in [1.29, 1.82) is 0 Å². The van der Waals surface area contributed by atoms with Crippen LogP contribution in [0, 0.1) is 5.92 Å². The number of hydrogen-bond acceptors (Lipinski definition) is 5. The van der Waals surface area contributed by atoms with E-state index in [9.17, 15) is 18.0 Å². The van der Waals surface area contributed by atoms with Crippen LogP contribution in [0.25, 0.3) is 0 Å². The molecule has 3 fully saturated rings. The zero-order valence-corrected chi connectivity index (χ0v) is 15.0. The molecule has 2 amide bonds. The number of carbonyl (C=O) groups is 2. The van der Waals surface area contributed by atoms with E-state index in [2.05, 4.69) is 5.10 Å². The Labute approximate surface area is 146 Å². The van der Waals surface area contributed by atoms with Crippen LogP contribution in [0.1, 0.15) is 29.6 Å². The highest BCUT2D eigenvalue weighted by Gasteiger charge is 2.50. The van der Waals surface area contributed by atoms with Gasteiger partial charge in [0.05, 0.1) is 35.3 Å². The summed E-state index contributed by atoms with van der Waals surface area (Å²) in [5.74, 6) is -0.238. The molecule has 2 aliphatic heterocycles. The van der Waals surface area contributed by atoms with E-state index in [4.69, 9.17) is 0 Å². The van der Waals surface area contributed by atoms with Gasteiger partial charge in [-0.1, -0.05) is 6.42 Å². The molecule has 1 aromatic heterocycles. The van der Waals surface area contributed by atoms with Gasteiger partial charge in [0, 0.05) is 32.3 Å². The predicted octanol–water partition coefficient (Wildman–Crippen LogP) is -0.330.